The summed E-state index contributed by atoms with van der Waals surface area (Å²) in [5, 5.41) is 2.94. The third-order valence-electron chi connectivity index (χ3n) is 4.23. The summed E-state index contributed by atoms with van der Waals surface area (Å²) < 4.78 is 28.5. The van der Waals surface area contributed by atoms with Gasteiger partial charge in [0.2, 0.25) is 0 Å². The lowest BCUT2D eigenvalue weighted by Gasteiger charge is -2.28. The van der Waals surface area contributed by atoms with E-state index < -0.39 is 11.6 Å². The summed E-state index contributed by atoms with van der Waals surface area (Å²) in [6.07, 6.45) is 4.80. The maximum Gasteiger partial charge on any atom is 0.189 e. The number of hydrogen-bond donors (Lipinski definition) is 2. The normalized spacial score (nSPS) is 14.8. The summed E-state index contributed by atoms with van der Waals surface area (Å²) in [5.41, 5.74) is 6.64. The number of nitrogens with one attached hydrogen (secondary N) is 1. The number of anilines is 3. The van der Waals surface area contributed by atoms with Crippen LogP contribution in [-0.4, -0.2) is 23.1 Å². The van der Waals surface area contributed by atoms with Crippen molar-refractivity contribution in [1.82, 2.24) is 9.97 Å². The van der Waals surface area contributed by atoms with Crippen LogP contribution in [0, 0.1) is 18.6 Å². The molecule has 1 aliphatic rings. The lowest BCUT2D eigenvalue weighted by atomic mass is 10.1. The van der Waals surface area contributed by atoms with Crippen LogP contribution in [0.5, 0.6) is 0 Å². The molecule has 0 saturated carbocycles. The van der Waals surface area contributed by atoms with Crippen LogP contribution in [-0.2, 0) is 6.54 Å². The Hall–Kier alpha value is -2.28. The number of halogens is 2. The summed E-state index contributed by atoms with van der Waals surface area (Å²) >= 11 is 0. The van der Waals surface area contributed by atoms with Crippen LogP contribution in [0.25, 0.3) is 0 Å². The zero-order valence-electron chi connectivity index (χ0n) is 13.6. The van der Waals surface area contributed by atoms with E-state index in [-0.39, 0.29) is 17.9 Å². The van der Waals surface area contributed by atoms with E-state index in [1.807, 2.05) is 4.90 Å². The van der Waals surface area contributed by atoms with Gasteiger partial charge in [-0.1, -0.05) is 0 Å². The van der Waals surface area contributed by atoms with Crippen LogP contribution in [0.1, 0.15) is 30.5 Å². The summed E-state index contributed by atoms with van der Waals surface area (Å²) in [6, 6.07) is 2.87. The second kappa shape index (κ2) is 7.09. The highest BCUT2D eigenvalue weighted by Gasteiger charge is 2.19. The molecule has 3 N–H and O–H groups in total. The minimum atomic E-state index is -0.426. The molecule has 5 nitrogen and oxygen atoms in total. The van der Waals surface area contributed by atoms with Crippen molar-refractivity contribution in [2.45, 2.75) is 32.7 Å². The second-order valence-electron chi connectivity index (χ2n) is 5.94. The number of piperidine rings is 1. The number of nitrogens with zero attached hydrogens (tertiary/aromatic N) is 3. The van der Waals surface area contributed by atoms with E-state index in [0.717, 1.165) is 32.4 Å². The predicted octanol–water partition coefficient (Wildman–Crippen LogP) is 3.26. The van der Waals surface area contributed by atoms with E-state index in [1.54, 1.807) is 19.2 Å². The zero-order valence-corrected chi connectivity index (χ0v) is 13.6. The molecule has 0 unspecified atom stereocenters. The van der Waals surface area contributed by atoms with Crippen molar-refractivity contribution >= 4 is 17.3 Å². The highest BCUT2D eigenvalue weighted by molar-refractivity contribution is 5.64. The molecule has 0 atom stereocenters. The Bertz CT molecular complexity index is 729. The molecule has 2 aromatic rings. The van der Waals surface area contributed by atoms with Gasteiger partial charge in [0.1, 0.15) is 11.6 Å². The van der Waals surface area contributed by atoms with Crippen LogP contribution in [0.2, 0.25) is 0 Å². The molecule has 1 saturated heterocycles. The number of nitrogens with two attached hydrogens (primary N) is 1. The Labute approximate surface area is 139 Å². The molecule has 3 rings (SSSR count). The third-order valence-corrected chi connectivity index (χ3v) is 4.23. The van der Waals surface area contributed by atoms with Crippen LogP contribution >= 0.6 is 0 Å². The number of hydrogen-bond acceptors (Lipinski definition) is 5. The molecule has 1 fully saturated rings. The third kappa shape index (κ3) is 3.31. The molecule has 0 aliphatic carbocycles. The molecule has 2 aromatic heterocycles. The zero-order chi connectivity index (χ0) is 17.1. The highest BCUT2D eigenvalue weighted by atomic mass is 19.1. The Morgan fingerprint density at radius 3 is 2.71 bits per heavy atom. The molecule has 0 bridgehead atoms. The van der Waals surface area contributed by atoms with E-state index in [9.17, 15) is 8.78 Å². The number of aryl methyl sites for hydroxylation is 1. The van der Waals surface area contributed by atoms with Crippen molar-refractivity contribution in [2.24, 2.45) is 5.73 Å². The van der Waals surface area contributed by atoms with Crippen LogP contribution in [0.4, 0.5) is 26.1 Å². The van der Waals surface area contributed by atoms with Crippen LogP contribution in [0.3, 0.4) is 0 Å². The van der Waals surface area contributed by atoms with E-state index in [1.165, 1.54) is 6.07 Å². The molecule has 3 heterocycles. The first-order valence-corrected chi connectivity index (χ1v) is 8.12. The minimum absolute atomic E-state index is 0.109. The van der Waals surface area contributed by atoms with Crippen molar-refractivity contribution in [3.8, 4) is 0 Å². The van der Waals surface area contributed by atoms with E-state index in [0.29, 0.717) is 17.2 Å². The van der Waals surface area contributed by atoms with Crippen molar-refractivity contribution < 1.29 is 8.78 Å². The molecular formula is C17H21F2N5. The van der Waals surface area contributed by atoms with Crippen molar-refractivity contribution in [1.29, 1.82) is 0 Å². The maximum absolute atomic E-state index is 14.9. The standard InChI is InChI=1S/C17H21F2N5/c1-11-13(18)9-12(10-20)16(22-11)23-14-5-6-21-17(15(14)19)24-7-3-2-4-8-24/h5-6,9H,2-4,7-8,10,20H2,1H3,(H,21,22,23). The van der Waals surface area contributed by atoms with Crippen molar-refractivity contribution in [3.63, 3.8) is 0 Å². The largest absolute Gasteiger partial charge is 0.354 e. The fourth-order valence-electron chi connectivity index (χ4n) is 2.87. The second-order valence-corrected chi connectivity index (χ2v) is 5.94. The predicted molar refractivity (Wildman–Crippen MR) is 90.4 cm³/mol. The summed E-state index contributed by atoms with van der Waals surface area (Å²) in [5.74, 6) is -0.143. The van der Waals surface area contributed by atoms with E-state index in [4.69, 9.17) is 5.73 Å². The van der Waals surface area contributed by atoms with Gasteiger partial charge in [-0.05, 0) is 38.3 Å². The average Bonchev–Trinajstić information content (AvgIpc) is 2.60. The smallest absolute Gasteiger partial charge is 0.189 e. The Morgan fingerprint density at radius 1 is 1.25 bits per heavy atom. The van der Waals surface area contributed by atoms with E-state index in [2.05, 4.69) is 15.3 Å². The summed E-state index contributed by atoms with van der Waals surface area (Å²) in [4.78, 5) is 10.3. The topological polar surface area (TPSA) is 67.1 Å². The first kappa shape index (κ1) is 16.6. The molecular weight excluding hydrogens is 312 g/mol. The van der Waals surface area contributed by atoms with Gasteiger partial charge in [0.25, 0.3) is 0 Å². The summed E-state index contributed by atoms with van der Waals surface area (Å²) in [6.45, 7) is 3.27. The first-order chi connectivity index (χ1) is 11.6. The van der Waals surface area contributed by atoms with Gasteiger partial charge < -0.3 is 16.0 Å². The molecule has 7 heteroatoms. The first-order valence-electron chi connectivity index (χ1n) is 8.12. The number of rotatable bonds is 4. The van der Waals surface area contributed by atoms with Gasteiger partial charge in [0.05, 0.1) is 11.4 Å². The van der Waals surface area contributed by atoms with E-state index >= 15 is 0 Å². The minimum Gasteiger partial charge on any atom is -0.354 e. The average molecular weight is 333 g/mol. The van der Waals surface area contributed by atoms with Crippen LogP contribution in [0.15, 0.2) is 18.3 Å². The summed E-state index contributed by atoms with van der Waals surface area (Å²) in [7, 11) is 0. The fraction of sp³-hybridized carbons (Fsp3) is 0.412. The van der Waals surface area contributed by atoms with Gasteiger partial charge in [0, 0.05) is 31.4 Å². The van der Waals surface area contributed by atoms with Gasteiger partial charge in [-0.3, -0.25) is 0 Å². The Kier molecular flexibility index (Phi) is 4.89. The Morgan fingerprint density at radius 2 is 2.00 bits per heavy atom. The highest BCUT2D eigenvalue weighted by Crippen LogP contribution is 2.28. The fourth-order valence-corrected chi connectivity index (χ4v) is 2.87. The van der Waals surface area contributed by atoms with Gasteiger partial charge in [-0.15, -0.1) is 0 Å². The van der Waals surface area contributed by atoms with Crippen molar-refractivity contribution in [3.05, 3.63) is 41.2 Å². The maximum atomic E-state index is 14.9. The van der Waals surface area contributed by atoms with Crippen molar-refractivity contribution in [2.75, 3.05) is 23.3 Å². The molecule has 1 aliphatic heterocycles. The molecule has 128 valence electrons. The van der Waals surface area contributed by atoms with Gasteiger partial charge in [-0.2, -0.15) is 0 Å². The van der Waals surface area contributed by atoms with Gasteiger partial charge >= 0.3 is 0 Å². The quantitative estimate of drug-likeness (QED) is 0.899. The SMILES string of the molecule is Cc1nc(Nc2ccnc(N3CCCCC3)c2F)c(CN)cc1F. The Balaban J connectivity index is 1.92. The molecule has 24 heavy (non-hydrogen) atoms. The lowest BCUT2D eigenvalue weighted by molar-refractivity contribution is 0.551. The number of aromatic nitrogens is 2. The van der Waals surface area contributed by atoms with Gasteiger partial charge in [0.15, 0.2) is 11.6 Å². The number of pyridine rings is 2. The monoisotopic (exact) mass is 333 g/mol. The molecule has 0 amide bonds. The lowest BCUT2D eigenvalue weighted by Crippen LogP contribution is -2.31. The molecule has 0 spiro atoms. The molecule has 0 radical (unpaired) electrons. The van der Waals surface area contributed by atoms with Crippen LogP contribution < -0.4 is 16.0 Å². The van der Waals surface area contributed by atoms with Gasteiger partial charge in [-0.25, -0.2) is 18.7 Å². The molecule has 0 aromatic carbocycles.